The highest BCUT2D eigenvalue weighted by molar-refractivity contribution is 7.99. The van der Waals surface area contributed by atoms with Crippen LogP contribution in [0.2, 0.25) is 0 Å². The molecule has 4 rings (SSSR count). The Kier molecular flexibility index (Phi) is 5.33. The van der Waals surface area contributed by atoms with Gasteiger partial charge in [-0.25, -0.2) is 0 Å². The van der Waals surface area contributed by atoms with Gasteiger partial charge in [-0.15, -0.1) is 21.5 Å². The first-order valence-corrected chi connectivity index (χ1v) is 10.9. The van der Waals surface area contributed by atoms with Gasteiger partial charge in [-0.3, -0.25) is 0 Å². The summed E-state index contributed by atoms with van der Waals surface area (Å²) >= 11 is 3.10. The van der Waals surface area contributed by atoms with Gasteiger partial charge in [-0.05, 0) is 67.5 Å². The van der Waals surface area contributed by atoms with Crippen molar-refractivity contribution in [1.82, 2.24) is 10.2 Å². The maximum atomic E-state index is 9.50. The van der Waals surface area contributed by atoms with Crippen molar-refractivity contribution in [3.8, 4) is 16.8 Å². The first-order valence-electron chi connectivity index (χ1n) is 9.18. The molecule has 0 aliphatic heterocycles. The van der Waals surface area contributed by atoms with Crippen LogP contribution >= 0.6 is 23.1 Å². The molecule has 2 atom stereocenters. The van der Waals surface area contributed by atoms with Gasteiger partial charge in [0, 0.05) is 4.88 Å². The van der Waals surface area contributed by atoms with Gasteiger partial charge in [0.15, 0.2) is 0 Å². The summed E-state index contributed by atoms with van der Waals surface area (Å²) in [6, 6.07) is 12.8. The number of thiophene rings is 1. The van der Waals surface area contributed by atoms with Crippen molar-refractivity contribution in [1.29, 1.82) is 5.26 Å². The van der Waals surface area contributed by atoms with Crippen LogP contribution in [-0.2, 0) is 19.3 Å². The summed E-state index contributed by atoms with van der Waals surface area (Å²) in [6.45, 7) is 4.36. The molecule has 1 aliphatic carbocycles. The molecule has 0 saturated heterocycles. The van der Waals surface area contributed by atoms with E-state index < -0.39 is 0 Å². The van der Waals surface area contributed by atoms with Gasteiger partial charge in [0.1, 0.15) is 5.25 Å². The van der Waals surface area contributed by atoms with Crippen LogP contribution < -0.4 is 0 Å². The smallest absolute Gasteiger partial charge is 0.278 e. The van der Waals surface area contributed by atoms with E-state index in [0.717, 1.165) is 29.2 Å². The number of hydrogen-bond donors (Lipinski definition) is 0. The van der Waals surface area contributed by atoms with E-state index in [9.17, 15) is 5.26 Å². The summed E-state index contributed by atoms with van der Waals surface area (Å²) in [6.07, 6.45) is 4.18. The largest absolute Gasteiger partial charge is 0.410 e. The van der Waals surface area contributed by atoms with Crippen molar-refractivity contribution >= 4 is 23.1 Å². The van der Waals surface area contributed by atoms with Crippen LogP contribution in [0.25, 0.3) is 10.8 Å². The SMILES string of the molecule is Cc1ccc(C[C@H](C#N)Sc2nnc(-c3cc4c(s3)CC[C@H](C)C4)o2)cc1. The van der Waals surface area contributed by atoms with E-state index in [-0.39, 0.29) is 5.25 Å². The molecular formula is C21H21N3OS2. The van der Waals surface area contributed by atoms with Gasteiger partial charge in [0.05, 0.1) is 10.9 Å². The van der Waals surface area contributed by atoms with Gasteiger partial charge in [-0.2, -0.15) is 5.26 Å². The highest BCUT2D eigenvalue weighted by atomic mass is 32.2. The van der Waals surface area contributed by atoms with E-state index in [4.69, 9.17) is 4.42 Å². The molecule has 4 nitrogen and oxygen atoms in total. The number of hydrogen-bond acceptors (Lipinski definition) is 6. The fourth-order valence-electron chi connectivity index (χ4n) is 3.34. The number of fused-ring (bicyclic) bond motifs is 1. The number of nitrogens with zero attached hydrogens (tertiary/aromatic N) is 3. The summed E-state index contributed by atoms with van der Waals surface area (Å²) in [5, 5.41) is 18.1. The maximum absolute atomic E-state index is 9.50. The molecule has 2 heterocycles. The Balaban J connectivity index is 1.46. The minimum Gasteiger partial charge on any atom is -0.410 e. The molecule has 27 heavy (non-hydrogen) atoms. The van der Waals surface area contributed by atoms with Crippen molar-refractivity contribution in [3.05, 3.63) is 51.9 Å². The fraction of sp³-hybridized carbons (Fsp3) is 0.381. The number of benzene rings is 1. The standard InChI is InChI=1S/C21H21N3OS2/c1-13-3-6-15(7-4-13)10-17(12-22)26-21-24-23-20(25-21)19-11-16-9-14(2)5-8-18(16)27-19/h3-4,6-7,11,14,17H,5,8-10H2,1-2H3/t14-,17+/m0/s1. The Hall–Kier alpha value is -2.10. The van der Waals surface area contributed by atoms with Crippen LogP contribution in [0.15, 0.2) is 40.0 Å². The summed E-state index contributed by atoms with van der Waals surface area (Å²) in [4.78, 5) is 2.49. The molecule has 0 unspecified atom stereocenters. The predicted molar refractivity (Wildman–Crippen MR) is 109 cm³/mol. The van der Waals surface area contributed by atoms with Gasteiger partial charge >= 0.3 is 0 Å². The summed E-state index contributed by atoms with van der Waals surface area (Å²) in [5.41, 5.74) is 3.78. The van der Waals surface area contributed by atoms with Gasteiger partial charge < -0.3 is 4.42 Å². The van der Waals surface area contributed by atoms with Crippen LogP contribution in [0.3, 0.4) is 0 Å². The van der Waals surface area contributed by atoms with Crippen molar-refractivity contribution in [2.24, 2.45) is 5.92 Å². The topological polar surface area (TPSA) is 62.7 Å². The minimum atomic E-state index is -0.251. The molecule has 0 spiro atoms. The zero-order valence-corrected chi connectivity index (χ0v) is 17.1. The van der Waals surface area contributed by atoms with E-state index in [1.165, 1.54) is 34.2 Å². The minimum absolute atomic E-state index is 0.251. The van der Waals surface area contributed by atoms with Crippen LogP contribution in [0.5, 0.6) is 0 Å². The zero-order chi connectivity index (χ0) is 18.8. The Labute approximate surface area is 167 Å². The van der Waals surface area contributed by atoms with Crippen molar-refractivity contribution in [2.75, 3.05) is 0 Å². The lowest BCUT2D eigenvalue weighted by Crippen LogP contribution is -2.07. The molecule has 0 radical (unpaired) electrons. The molecule has 0 saturated carbocycles. The third kappa shape index (κ3) is 4.26. The first-order chi connectivity index (χ1) is 13.1. The number of rotatable bonds is 5. The molecule has 1 aromatic carbocycles. The number of aryl methyl sites for hydroxylation is 2. The van der Waals surface area contributed by atoms with Crippen LogP contribution in [0.1, 0.15) is 34.9 Å². The maximum Gasteiger partial charge on any atom is 0.278 e. The second kappa shape index (κ2) is 7.87. The van der Waals surface area contributed by atoms with Gasteiger partial charge in [0.2, 0.25) is 0 Å². The zero-order valence-electron chi connectivity index (χ0n) is 15.4. The van der Waals surface area contributed by atoms with Crippen LogP contribution in [0.4, 0.5) is 0 Å². The molecule has 0 N–H and O–H groups in total. The highest BCUT2D eigenvalue weighted by Crippen LogP contribution is 2.37. The molecule has 0 bridgehead atoms. The predicted octanol–water partition coefficient (Wildman–Crippen LogP) is 5.46. The molecule has 0 fully saturated rings. The molecule has 138 valence electrons. The Morgan fingerprint density at radius 1 is 1.33 bits per heavy atom. The third-order valence-corrected chi connectivity index (χ3v) is 7.02. The number of nitriles is 1. The molecule has 0 amide bonds. The monoisotopic (exact) mass is 395 g/mol. The normalized spacial score (nSPS) is 17.3. The third-order valence-electron chi connectivity index (χ3n) is 4.88. The van der Waals surface area contributed by atoms with Crippen molar-refractivity contribution in [3.63, 3.8) is 0 Å². The van der Waals surface area contributed by atoms with Crippen molar-refractivity contribution < 1.29 is 4.42 Å². The quantitative estimate of drug-likeness (QED) is 0.537. The molecule has 2 aromatic heterocycles. The summed E-state index contributed by atoms with van der Waals surface area (Å²) in [5.74, 6) is 1.31. The van der Waals surface area contributed by atoms with E-state index in [1.54, 1.807) is 11.3 Å². The van der Waals surface area contributed by atoms with Crippen LogP contribution in [-0.4, -0.2) is 15.4 Å². The number of aromatic nitrogens is 2. The fourth-order valence-corrected chi connectivity index (χ4v) is 5.26. The average Bonchev–Trinajstić information content (AvgIpc) is 3.29. The lowest BCUT2D eigenvalue weighted by molar-refractivity contribution is 0.466. The molecule has 6 heteroatoms. The first kappa shape index (κ1) is 18.3. The molecule has 3 aromatic rings. The van der Waals surface area contributed by atoms with Crippen LogP contribution in [0, 0.1) is 24.2 Å². The lowest BCUT2D eigenvalue weighted by atomic mass is 9.90. The second-order valence-electron chi connectivity index (χ2n) is 7.21. The average molecular weight is 396 g/mol. The summed E-state index contributed by atoms with van der Waals surface area (Å²) in [7, 11) is 0. The van der Waals surface area contributed by atoms with E-state index in [2.05, 4.69) is 60.4 Å². The second-order valence-corrected chi connectivity index (χ2v) is 9.50. The van der Waals surface area contributed by atoms with E-state index >= 15 is 0 Å². The highest BCUT2D eigenvalue weighted by Gasteiger charge is 2.22. The van der Waals surface area contributed by atoms with Crippen molar-refractivity contribution in [2.45, 2.75) is 50.0 Å². The number of thioether (sulfide) groups is 1. The Morgan fingerprint density at radius 3 is 2.93 bits per heavy atom. The van der Waals surface area contributed by atoms with Gasteiger partial charge in [-0.1, -0.05) is 36.8 Å². The van der Waals surface area contributed by atoms with E-state index in [0.29, 0.717) is 17.5 Å². The Bertz CT molecular complexity index is 968. The lowest BCUT2D eigenvalue weighted by Gasteiger charge is -2.16. The Morgan fingerprint density at radius 2 is 2.15 bits per heavy atom. The molecule has 1 aliphatic rings. The molecular weight excluding hydrogens is 374 g/mol. The van der Waals surface area contributed by atoms with E-state index in [1.807, 2.05) is 0 Å². The van der Waals surface area contributed by atoms with Gasteiger partial charge in [0.25, 0.3) is 11.1 Å². The summed E-state index contributed by atoms with van der Waals surface area (Å²) < 4.78 is 5.86.